The van der Waals surface area contributed by atoms with Crippen LogP contribution in [0.5, 0.6) is 5.75 Å². The van der Waals surface area contributed by atoms with Gasteiger partial charge >= 0.3 is 0 Å². The maximum absolute atomic E-state index is 12.3. The third-order valence-electron chi connectivity index (χ3n) is 3.29. The molecule has 0 saturated carbocycles. The minimum Gasteiger partial charge on any atom is -0.496 e. The van der Waals surface area contributed by atoms with E-state index in [1.807, 2.05) is 44.2 Å². The number of hydrogen-bond donors (Lipinski definition) is 0. The molecule has 0 saturated heterocycles. The predicted octanol–water partition coefficient (Wildman–Crippen LogP) is 4.39. The quantitative estimate of drug-likeness (QED) is 0.780. The number of rotatable bonds is 4. The van der Waals surface area contributed by atoms with Crippen molar-refractivity contribution in [3.63, 3.8) is 0 Å². The van der Waals surface area contributed by atoms with E-state index in [1.165, 1.54) is 0 Å². The van der Waals surface area contributed by atoms with E-state index in [1.54, 1.807) is 13.2 Å². The number of halogens is 1. The van der Waals surface area contributed by atoms with Gasteiger partial charge in [-0.05, 0) is 42.7 Å². The van der Waals surface area contributed by atoms with Crippen LogP contribution in [0.3, 0.4) is 0 Å². The van der Waals surface area contributed by atoms with Gasteiger partial charge in [-0.1, -0.05) is 35.9 Å². The molecule has 0 radical (unpaired) electrons. The molecular formula is C17H17ClO2. The molecular weight excluding hydrogens is 272 g/mol. The van der Waals surface area contributed by atoms with Gasteiger partial charge in [0.1, 0.15) is 5.75 Å². The molecule has 0 N–H and O–H groups in total. The molecule has 0 aliphatic rings. The lowest BCUT2D eigenvalue weighted by Crippen LogP contribution is -2.05. The largest absolute Gasteiger partial charge is 0.496 e. The van der Waals surface area contributed by atoms with Gasteiger partial charge in [-0.2, -0.15) is 0 Å². The van der Waals surface area contributed by atoms with Crippen molar-refractivity contribution in [3.8, 4) is 5.75 Å². The fourth-order valence-electron chi connectivity index (χ4n) is 2.06. The molecule has 2 aromatic carbocycles. The van der Waals surface area contributed by atoms with Gasteiger partial charge in [0.15, 0.2) is 5.78 Å². The zero-order valence-corrected chi connectivity index (χ0v) is 12.6. The minimum absolute atomic E-state index is 0.0362. The van der Waals surface area contributed by atoms with Gasteiger partial charge in [0, 0.05) is 17.0 Å². The zero-order valence-electron chi connectivity index (χ0n) is 11.9. The summed E-state index contributed by atoms with van der Waals surface area (Å²) in [6.45, 7) is 3.92. The maximum Gasteiger partial charge on any atom is 0.167 e. The summed E-state index contributed by atoms with van der Waals surface area (Å²) in [6.07, 6.45) is 0.297. The molecule has 104 valence electrons. The minimum atomic E-state index is 0.0362. The lowest BCUT2D eigenvalue weighted by molar-refractivity contribution is 0.0992. The van der Waals surface area contributed by atoms with Crippen LogP contribution >= 0.6 is 11.6 Å². The number of benzene rings is 2. The van der Waals surface area contributed by atoms with Crippen LogP contribution in [0.1, 0.15) is 27.0 Å². The first-order valence-electron chi connectivity index (χ1n) is 6.44. The Labute approximate surface area is 124 Å². The Bertz CT molecular complexity index is 647. The summed E-state index contributed by atoms with van der Waals surface area (Å²) in [7, 11) is 1.60. The molecule has 0 fully saturated rings. The van der Waals surface area contributed by atoms with Crippen molar-refractivity contribution >= 4 is 17.4 Å². The third kappa shape index (κ3) is 3.20. The van der Waals surface area contributed by atoms with Gasteiger partial charge in [-0.3, -0.25) is 4.79 Å². The van der Waals surface area contributed by atoms with E-state index in [-0.39, 0.29) is 5.78 Å². The molecule has 0 aliphatic heterocycles. The first-order chi connectivity index (χ1) is 9.51. The smallest absolute Gasteiger partial charge is 0.167 e. The summed E-state index contributed by atoms with van der Waals surface area (Å²) in [5, 5.41) is 0.637. The van der Waals surface area contributed by atoms with Crippen LogP contribution in [0.25, 0.3) is 0 Å². The van der Waals surface area contributed by atoms with Crippen LogP contribution in [-0.4, -0.2) is 12.9 Å². The third-order valence-corrected chi connectivity index (χ3v) is 3.64. The van der Waals surface area contributed by atoms with Gasteiger partial charge in [0.2, 0.25) is 0 Å². The van der Waals surface area contributed by atoms with Gasteiger partial charge in [-0.25, -0.2) is 0 Å². The highest BCUT2D eigenvalue weighted by Crippen LogP contribution is 2.22. The van der Waals surface area contributed by atoms with Crippen LogP contribution in [-0.2, 0) is 6.42 Å². The van der Waals surface area contributed by atoms with Crippen LogP contribution in [0.2, 0.25) is 5.02 Å². The number of ether oxygens (including phenoxy) is 1. The van der Waals surface area contributed by atoms with E-state index in [0.29, 0.717) is 17.0 Å². The van der Waals surface area contributed by atoms with E-state index in [9.17, 15) is 4.79 Å². The van der Waals surface area contributed by atoms with Crippen LogP contribution in [0.4, 0.5) is 0 Å². The number of hydrogen-bond acceptors (Lipinski definition) is 2. The Hall–Kier alpha value is -1.80. The van der Waals surface area contributed by atoms with Crippen molar-refractivity contribution in [2.24, 2.45) is 0 Å². The number of methoxy groups -OCH3 is 1. The van der Waals surface area contributed by atoms with E-state index in [2.05, 4.69) is 0 Å². The maximum atomic E-state index is 12.3. The summed E-state index contributed by atoms with van der Waals surface area (Å²) in [5.41, 5.74) is 3.59. The molecule has 0 spiro atoms. The van der Waals surface area contributed by atoms with Crippen molar-refractivity contribution in [1.29, 1.82) is 0 Å². The first kappa shape index (κ1) is 14.6. The molecule has 0 atom stereocenters. The van der Waals surface area contributed by atoms with E-state index >= 15 is 0 Å². The Morgan fingerprint density at radius 2 is 1.90 bits per heavy atom. The second-order valence-corrected chi connectivity index (χ2v) is 5.29. The Morgan fingerprint density at radius 1 is 1.15 bits per heavy atom. The van der Waals surface area contributed by atoms with Crippen molar-refractivity contribution in [2.45, 2.75) is 20.3 Å². The molecule has 0 unspecified atom stereocenters. The number of carbonyl (C=O) groups excluding carboxylic acids is 1. The zero-order chi connectivity index (χ0) is 14.7. The highest BCUT2D eigenvalue weighted by atomic mass is 35.5. The molecule has 2 aromatic rings. The molecule has 20 heavy (non-hydrogen) atoms. The average Bonchev–Trinajstić information content (AvgIpc) is 2.42. The van der Waals surface area contributed by atoms with Gasteiger partial charge in [-0.15, -0.1) is 0 Å². The number of carbonyl (C=O) groups is 1. The van der Waals surface area contributed by atoms with Gasteiger partial charge in [0.05, 0.1) is 7.11 Å². The Balaban J connectivity index is 2.24. The summed E-state index contributed by atoms with van der Waals surface area (Å²) >= 11 is 6.17. The van der Waals surface area contributed by atoms with E-state index in [4.69, 9.17) is 16.3 Å². The molecule has 0 aromatic heterocycles. The molecule has 0 amide bonds. The SMILES string of the molecule is COc1cc(C(=O)Cc2ccc(C)cc2Cl)ccc1C. The summed E-state index contributed by atoms with van der Waals surface area (Å²) < 4.78 is 5.25. The monoisotopic (exact) mass is 288 g/mol. The van der Waals surface area contributed by atoms with Crippen LogP contribution in [0.15, 0.2) is 36.4 Å². The second-order valence-electron chi connectivity index (χ2n) is 4.88. The average molecular weight is 289 g/mol. The van der Waals surface area contributed by atoms with Crippen molar-refractivity contribution in [2.75, 3.05) is 7.11 Å². The van der Waals surface area contributed by atoms with E-state index < -0.39 is 0 Å². The molecule has 3 heteroatoms. The highest BCUT2D eigenvalue weighted by Gasteiger charge is 2.11. The van der Waals surface area contributed by atoms with Crippen molar-refractivity contribution in [1.82, 2.24) is 0 Å². The van der Waals surface area contributed by atoms with Crippen molar-refractivity contribution < 1.29 is 9.53 Å². The number of Topliss-reactive ketones (excluding diaryl/α,β-unsaturated/α-hetero) is 1. The normalized spacial score (nSPS) is 10.4. The number of aryl methyl sites for hydroxylation is 2. The summed E-state index contributed by atoms with van der Waals surface area (Å²) in [6, 6.07) is 11.2. The first-order valence-corrected chi connectivity index (χ1v) is 6.82. The van der Waals surface area contributed by atoms with Crippen LogP contribution in [0, 0.1) is 13.8 Å². The Kier molecular flexibility index (Phi) is 4.46. The number of ketones is 1. The summed E-state index contributed by atoms with van der Waals surface area (Å²) in [5.74, 6) is 0.764. The highest BCUT2D eigenvalue weighted by molar-refractivity contribution is 6.31. The standard InChI is InChI=1S/C17H17ClO2/c1-11-4-6-13(15(18)8-11)9-16(19)14-7-5-12(2)17(10-14)20-3/h4-8,10H,9H2,1-3H3. The van der Waals surface area contributed by atoms with Crippen LogP contribution < -0.4 is 4.74 Å². The molecule has 0 bridgehead atoms. The fraction of sp³-hybridized carbons (Fsp3) is 0.235. The predicted molar refractivity (Wildman–Crippen MR) is 82.0 cm³/mol. The lowest BCUT2D eigenvalue weighted by atomic mass is 10.0. The van der Waals surface area contributed by atoms with Gasteiger partial charge < -0.3 is 4.74 Å². The molecule has 2 rings (SSSR count). The summed E-state index contributed by atoms with van der Waals surface area (Å²) in [4.78, 5) is 12.3. The molecule has 0 aliphatic carbocycles. The Morgan fingerprint density at radius 3 is 2.55 bits per heavy atom. The fourth-order valence-corrected chi connectivity index (χ4v) is 2.37. The van der Waals surface area contributed by atoms with E-state index in [0.717, 1.165) is 22.4 Å². The second kappa shape index (κ2) is 6.10. The topological polar surface area (TPSA) is 26.3 Å². The van der Waals surface area contributed by atoms with Gasteiger partial charge in [0.25, 0.3) is 0 Å². The van der Waals surface area contributed by atoms with Crippen molar-refractivity contribution in [3.05, 3.63) is 63.7 Å². The lowest BCUT2D eigenvalue weighted by Gasteiger charge is -2.08. The molecule has 0 heterocycles. The molecule has 2 nitrogen and oxygen atoms in total.